The van der Waals surface area contributed by atoms with Gasteiger partial charge in [-0.05, 0) is 32.0 Å². The topological polar surface area (TPSA) is 60.2 Å². The van der Waals surface area contributed by atoms with Crippen LogP contribution in [0.15, 0.2) is 24.3 Å². The number of hydrogen-bond donors (Lipinski definition) is 1. The monoisotopic (exact) mass is 285 g/mol. The fourth-order valence-electron chi connectivity index (χ4n) is 1.91. The Morgan fingerprint density at radius 1 is 1.33 bits per heavy atom. The van der Waals surface area contributed by atoms with Crippen molar-refractivity contribution in [3.8, 4) is 17.6 Å². The van der Waals surface area contributed by atoms with Crippen molar-refractivity contribution in [2.45, 2.75) is 26.8 Å². The molecule has 0 fully saturated rings. The third-order valence-corrected chi connectivity index (χ3v) is 2.84. The predicted molar refractivity (Wildman–Crippen MR) is 80.0 cm³/mol. The van der Waals surface area contributed by atoms with E-state index in [1.165, 1.54) is 0 Å². The minimum absolute atomic E-state index is 0.0832. The molecule has 1 N–H and O–H groups in total. The Labute approximate surface area is 124 Å². The van der Waals surface area contributed by atoms with Crippen molar-refractivity contribution in [3.05, 3.63) is 41.5 Å². The van der Waals surface area contributed by atoms with E-state index in [4.69, 9.17) is 9.84 Å². The van der Waals surface area contributed by atoms with Gasteiger partial charge in [-0.2, -0.15) is 5.10 Å². The summed E-state index contributed by atoms with van der Waals surface area (Å²) in [7, 11) is 0. The number of nitrogens with zero attached hydrogens (tertiary/aromatic N) is 3. The minimum Gasteiger partial charge on any atom is -0.492 e. The molecule has 5 nitrogen and oxygen atoms in total. The number of aliphatic hydroxyl groups is 1. The van der Waals surface area contributed by atoms with Crippen molar-refractivity contribution >= 4 is 0 Å². The zero-order valence-electron chi connectivity index (χ0n) is 12.3. The van der Waals surface area contributed by atoms with Crippen molar-refractivity contribution in [2.24, 2.45) is 0 Å². The molecule has 1 aromatic carbocycles. The Hall–Kier alpha value is -2.32. The molecule has 0 bridgehead atoms. The van der Waals surface area contributed by atoms with Crippen LogP contribution in [0.5, 0.6) is 5.75 Å². The second kappa shape index (κ2) is 7.46. The van der Waals surface area contributed by atoms with Gasteiger partial charge in [0, 0.05) is 12.0 Å². The number of hydrogen-bond acceptors (Lipinski definition) is 4. The molecule has 5 heteroatoms. The standard InChI is InChI=1S/C16H19N3O2/c1-13-17-14(2)19(18-13)9-11-21-16-8-5-7-15(12-16)6-3-4-10-20/h5,7-8,12,20H,4,9-11H2,1-2H3. The van der Waals surface area contributed by atoms with Crippen molar-refractivity contribution in [1.82, 2.24) is 14.8 Å². The van der Waals surface area contributed by atoms with E-state index in [2.05, 4.69) is 21.9 Å². The van der Waals surface area contributed by atoms with Gasteiger partial charge in [0.1, 0.15) is 24.0 Å². The highest BCUT2D eigenvalue weighted by Gasteiger charge is 2.02. The predicted octanol–water partition coefficient (Wildman–Crippen LogP) is 1.71. The molecular weight excluding hydrogens is 266 g/mol. The maximum absolute atomic E-state index is 8.71. The average Bonchev–Trinajstić information content (AvgIpc) is 2.78. The number of aryl methyl sites for hydroxylation is 2. The summed E-state index contributed by atoms with van der Waals surface area (Å²) in [6, 6.07) is 7.62. The lowest BCUT2D eigenvalue weighted by Gasteiger charge is -2.07. The molecule has 0 spiro atoms. The zero-order chi connectivity index (χ0) is 15.1. The molecule has 0 aliphatic carbocycles. The van der Waals surface area contributed by atoms with E-state index in [0.717, 1.165) is 23.0 Å². The molecule has 0 aliphatic heterocycles. The molecule has 0 saturated heterocycles. The summed E-state index contributed by atoms with van der Waals surface area (Å²) in [5.41, 5.74) is 0.883. The van der Waals surface area contributed by atoms with Crippen LogP contribution >= 0.6 is 0 Å². The van der Waals surface area contributed by atoms with Crippen LogP contribution in [-0.2, 0) is 6.54 Å². The highest BCUT2D eigenvalue weighted by Crippen LogP contribution is 2.12. The van der Waals surface area contributed by atoms with Gasteiger partial charge < -0.3 is 9.84 Å². The highest BCUT2D eigenvalue weighted by atomic mass is 16.5. The first-order valence-electron chi connectivity index (χ1n) is 6.89. The first-order chi connectivity index (χ1) is 10.2. The molecule has 0 aliphatic rings. The molecule has 110 valence electrons. The quantitative estimate of drug-likeness (QED) is 0.850. The smallest absolute Gasteiger partial charge is 0.147 e. The van der Waals surface area contributed by atoms with Crippen LogP contribution in [-0.4, -0.2) is 33.1 Å². The molecule has 0 amide bonds. The van der Waals surface area contributed by atoms with Crippen LogP contribution in [0, 0.1) is 25.7 Å². The SMILES string of the molecule is Cc1nc(C)n(CCOc2cccc(C#CCCO)c2)n1. The minimum atomic E-state index is 0.0832. The van der Waals surface area contributed by atoms with Gasteiger partial charge in [-0.15, -0.1) is 0 Å². The second-order valence-corrected chi connectivity index (χ2v) is 4.58. The van der Waals surface area contributed by atoms with Crippen LogP contribution in [0.25, 0.3) is 0 Å². The summed E-state index contributed by atoms with van der Waals surface area (Å²) in [5, 5.41) is 13.0. The molecule has 1 heterocycles. The molecule has 2 rings (SSSR count). The summed E-state index contributed by atoms with van der Waals surface area (Å²) in [6.45, 7) is 5.07. The number of aromatic nitrogens is 3. The molecular formula is C16H19N3O2. The number of benzene rings is 1. The number of ether oxygens (including phenoxy) is 1. The van der Waals surface area contributed by atoms with Gasteiger partial charge in [0.05, 0.1) is 13.2 Å². The van der Waals surface area contributed by atoms with Crippen molar-refractivity contribution < 1.29 is 9.84 Å². The van der Waals surface area contributed by atoms with Crippen LogP contribution in [0.4, 0.5) is 0 Å². The molecule has 0 unspecified atom stereocenters. The molecule has 21 heavy (non-hydrogen) atoms. The summed E-state index contributed by atoms with van der Waals surface area (Å²) in [4.78, 5) is 4.25. The Morgan fingerprint density at radius 2 is 2.19 bits per heavy atom. The fourth-order valence-corrected chi connectivity index (χ4v) is 1.91. The lowest BCUT2D eigenvalue weighted by Crippen LogP contribution is -2.11. The Kier molecular flexibility index (Phi) is 5.35. The van der Waals surface area contributed by atoms with Gasteiger partial charge >= 0.3 is 0 Å². The summed E-state index contributed by atoms with van der Waals surface area (Å²) >= 11 is 0. The Morgan fingerprint density at radius 3 is 2.90 bits per heavy atom. The van der Waals surface area contributed by atoms with E-state index in [-0.39, 0.29) is 6.61 Å². The third-order valence-electron chi connectivity index (χ3n) is 2.84. The van der Waals surface area contributed by atoms with Crippen LogP contribution in [0.2, 0.25) is 0 Å². The summed E-state index contributed by atoms with van der Waals surface area (Å²) in [5.74, 6) is 8.32. The molecule has 0 atom stereocenters. The Balaban J connectivity index is 1.90. The van der Waals surface area contributed by atoms with E-state index in [1.54, 1.807) is 0 Å². The third kappa shape index (κ3) is 4.62. The van der Waals surface area contributed by atoms with Gasteiger partial charge in [0.15, 0.2) is 0 Å². The zero-order valence-corrected chi connectivity index (χ0v) is 12.3. The first-order valence-corrected chi connectivity index (χ1v) is 6.89. The Bertz CT molecular complexity index is 653. The highest BCUT2D eigenvalue weighted by molar-refractivity contribution is 5.39. The van der Waals surface area contributed by atoms with E-state index in [0.29, 0.717) is 19.6 Å². The lowest BCUT2D eigenvalue weighted by atomic mass is 10.2. The van der Waals surface area contributed by atoms with E-state index in [1.807, 2.05) is 42.8 Å². The number of rotatable bonds is 5. The van der Waals surface area contributed by atoms with Crippen molar-refractivity contribution in [2.75, 3.05) is 13.2 Å². The summed E-state index contributed by atoms with van der Waals surface area (Å²) in [6.07, 6.45) is 0.482. The van der Waals surface area contributed by atoms with Gasteiger partial charge in [-0.1, -0.05) is 17.9 Å². The van der Waals surface area contributed by atoms with Gasteiger partial charge in [-0.25, -0.2) is 9.67 Å². The van der Waals surface area contributed by atoms with E-state index >= 15 is 0 Å². The first kappa shape index (κ1) is 15.1. The fraction of sp³-hybridized carbons (Fsp3) is 0.375. The van der Waals surface area contributed by atoms with Gasteiger partial charge in [0.25, 0.3) is 0 Å². The average molecular weight is 285 g/mol. The second-order valence-electron chi connectivity index (χ2n) is 4.58. The molecule has 0 saturated carbocycles. The largest absolute Gasteiger partial charge is 0.492 e. The van der Waals surface area contributed by atoms with Gasteiger partial charge in [-0.3, -0.25) is 0 Å². The molecule has 2 aromatic rings. The number of aliphatic hydroxyl groups excluding tert-OH is 1. The van der Waals surface area contributed by atoms with Gasteiger partial charge in [0.2, 0.25) is 0 Å². The maximum Gasteiger partial charge on any atom is 0.147 e. The molecule has 1 aromatic heterocycles. The normalized spacial score (nSPS) is 10.0. The van der Waals surface area contributed by atoms with Crippen molar-refractivity contribution in [1.29, 1.82) is 0 Å². The van der Waals surface area contributed by atoms with E-state index in [9.17, 15) is 0 Å². The van der Waals surface area contributed by atoms with Crippen LogP contribution in [0.3, 0.4) is 0 Å². The van der Waals surface area contributed by atoms with Crippen molar-refractivity contribution in [3.63, 3.8) is 0 Å². The lowest BCUT2D eigenvalue weighted by molar-refractivity contribution is 0.289. The van der Waals surface area contributed by atoms with Crippen LogP contribution in [0.1, 0.15) is 23.6 Å². The van der Waals surface area contributed by atoms with Crippen LogP contribution < -0.4 is 4.74 Å². The summed E-state index contributed by atoms with van der Waals surface area (Å²) < 4.78 is 7.55. The maximum atomic E-state index is 8.71. The molecule has 0 radical (unpaired) electrons. The van der Waals surface area contributed by atoms with E-state index < -0.39 is 0 Å².